The summed E-state index contributed by atoms with van der Waals surface area (Å²) in [6.45, 7) is 6.52. The Bertz CT molecular complexity index is 429. The number of hydrogen-bond acceptors (Lipinski definition) is 5. The molecule has 106 valence electrons. The smallest absolute Gasteiger partial charge is 0.224 e. The van der Waals surface area contributed by atoms with Crippen LogP contribution in [0.15, 0.2) is 6.20 Å². The van der Waals surface area contributed by atoms with Gasteiger partial charge in [0.25, 0.3) is 0 Å². The molecule has 1 saturated heterocycles. The first-order valence-corrected chi connectivity index (χ1v) is 7.19. The van der Waals surface area contributed by atoms with Crippen LogP contribution in [0.3, 0.4) is 0 Å². The van der Waals surface area contributed by atoms with E-state index in [1.165, 1.54) is 0 Å². The summed E-state index contributed by atoms with van der Waals surface area (Å²) in [5.41, 5.74) is 0. The minimum Gasteiger partial charge on any atom is -0.393 e. The number of aliphatic hydroxyl groups excluding tert-OH is 1. The molecule has 1 aliphatic heterocycles. The van der Waals surface area contributed by atoms with E-state index in [2.05, 4.69) is 27.1 Å². The van der Waals surface area contributed by atoms with Gasteiger partial charge in [-0.25, -0.2) is 4.98 Å². The third-order valence-corrected chi connectivity index (χ3v) is 3.68. The van der Waals surface area contributed by atoms with Crippen molar-refractivity contribution in [3.05, 3.63) is 11.2 Å². The fourth-order valence-corrected chi connectivity index (χ4v) is 2.44. The molecule has 2 rings (SSSR count). The summed E-state index contributed by atoms with van der Waals surface area (Å²) in [6, 6.07) is 0. The molecular weight excluding hydrogens is 264 g/mol. The van der Waals surface area contributed by atoms with Gasteiger partial charge in [0.2, 0.25) is 5.95 Å². The van der Waals surface area contributed by atoms with Crippen LogP contribution in [0.4, 0.5) is 11.8 Å². The molecule has 0 bridgehead atoms. The molecule has 5 nitrogen and oxygen atoms in total. The Hall–Kier alpha value is -1.07. The van der Waals surface area contributed by atoms with E-state index in [0.717, 1.165) is 38.3 Å². The molecule has 0 saturated carbocycles. The lowest BCUT2D eigenvalue weighted by atomic mass is 9.97. The molecule has 1 aromatic heterocycles. The molecular formula is C13H21ClN4O. The molecule has 19 heavy (non-hydrogen) atoms. The lowest BCUT2D eigenvalue weighted by Gasteiger charge is -2.35. The zero-order valence-corrected chi connectivity index (χ0v) is 12.2. The van der Waals surface area contributed by atoms with E-state index in [1.807, 2.05) is 6.92 Å². The van der Waals surface area contributed by atoms with E-state index < -0.39 is 0 Å². The Kier molecular flexibility index (Phi) is 4.82. The molecule has 1 aliphatic rings. The summed E-state index contributed by atoms with van der Waals surface area (Å²) < 4.78 is 0. The number of aliphatic hydroxyl groups is 1. The van der Waals surface area contributed by atoms with Gasteiger partial charge in [-0.2, -0.15) is 4.98 Å². The topological polar surface area (TPSA) is 61.3 Å². The van der Waals surface area contributed by atoms with E-state index in [4.69, 9.17) is 11.6 Å². The lowest BCUT2D eigenvalue weighted by Crippen LogP contribution is -2.42. The SMILES string of the molecule is CCCNc1ncc(Cl)c(N2CCC(O)C(C)C2)n1. The minimum absolute atomic E-state index is 0.227. The van der Waals surface area contributed by atoms with Gasteiger partial charge in [0.05, 0.1) is 12.3 Å². The van der Waals surface area contributed by atoms with Gasteiger partial charge in [-0.1, -0.05) is 25.4 Å². The summed E-state index contributed by atoms with van der Waals surface area (Å²) >= 11 is 6.19. The highest BCUT2D eigenvalue weighted by Crippen LogP contribution is 2.28. The van der Waals surface area contributed by atoms with Crippen LogP contribution in [0.5, 0.6) is 0 Å². The van der Waals surface area contributed by atoms with Crippen molar-refractivity contribution in [3.8, 4) is 0 Å². The van der Waals surface area contributed by atoms with Crippen LogP contribution in [0.1, 0.15) is 26.7 Å². The average molecular weight is 285 g/mol. The molecule has 0 aliphatic carbocycles. The molecule has 2 unspecified atom stereocenters. The fourth-order valence-electron chi connectivity index (χ4n) is 2.23. The minimum atomic E-state index is -0.227. The van der Waals surface area contributed by atoms with Gasteiger partial charge in [-0.3, -0.25) is 0 Å². The monoisotopic (exact) mass is 284 g/mol. The van der Waals surface area contributed by atoms with Crippen LogP contribution in [-0.2, 0) is 0 Å². The van der Waals surface area contributed by atoms with Crippen molar-refractivity contribution in [2.24, 2.45) is 5.92 Å². The summed E-state index contributed by atoms with van der Waals surface area (Å²) in [6.07, 6.45) is 3.18. The zero-order chi connectivity index (χ0) is 13.8. The van der Waals surface area contributed by atoms with Crippen molar-refractivity contribution in [1.29, 1.82) is 0 Å². The number of halogens is 1. The molecule has 0 radical (unpaired) electrons. The second-order valence-corrected chi connectivity index (χ2v) is 5.48. The maximum absolute atomic E-state index is 9.78. The third-order valence-electron chi connectivity index (χ3n) is 3.42. The first-order chi connectivity index (χ1) is 9.11. The highest BCUT2D eigenvalue weighted by atomic mass is 35.5. The van der Waals surface area contributed by atoms with Gasteiger partial charge in [-0.05, 0) is 18.8 Å². The van der Waals surface area contributed by atoms with E-state index in [0.29, 0.717) is 11.0 Å². The predicted octanol–water partition coefficient (Wildman–Crippen LogP) is 2.16. The van der Waals surface area contributed by atoms with Crippen LogP contribution in [-0.4, -0.2) is 40.8 Å². The van der Waals surface area contributed by atoms with Crippen molar-refractivity contribution < 1.29 is 5.11 Å². The normalized spacial score (nSPS) is 23.5. The molecule has 6 heteroatoms. The average Bonchev–Trinajstić information content (AvgIpc) is 2.41. The van der Waals surface area contributed by atoms with E-state index in [1.54, 1.807) is 6.20 Å². The van der Waals surface area contributed by atoms with Crippen molar-refractivity contribution >= 4 is 23.4 Å². The van der Waals surface area contributed by atoms with Gasteiger partial charge in [0.1, 0.15) is 5.02 Å². The first kappa shape index (κ1) is 14.3. The summed E-state index contributed by atoms with van der Waals surface area (Å²) in [5, 5.41) is 13.5. The quantitative estimate of drug-likeness (QED) is 0.887. The molecule has 1 fully saturated rings. The number of piperidine rings is 1. The fraction of sp³-hybridized carbons (Fsp3) is 0.692. The van der Waals surface area contributed by atoms with Gasteiger partial charge in [-0.15, -0.1) is 0 Å². The molecule has 1 aromatic rings. The molecule has 0 spiro atoms. The highest BCUT2D eigenvalue weighted by molar-refractivity contribution is 6.32. The number of nitrogens with one attached hydrogen (secondary N) is 1. The lowest BCUT2D eigenvalue weighted by molar-refractivity contribution is 0.0969. The molecule has 2 N–H and O–H groups in total. The molecule has 2 heterocycles. The van der Waals surface area contributed by atoms with Crippen LogP contribution in [0.25, 0.3) is 0 Å². The maximum atomic E-state index is 9.78. The van der Waals surface area contributed by atoms with Crippen molar-refractivity contribution in [1.82, 2.24) is 9.97 Å². The van der Waals surface area contributed by atoms with Crippen LogP contribution in [0, 0.1) is 5.92 Å². The maximum Gasteiger partial charge on any atom is 0.224 e. The van der Waals surface area contributed by atoms with Crippen LogP contribution < -0.4 is 10.2 Å². The Morgan fingerprint density at radius 1 is 1.58 bits per heavy atom. The zero-order valence-electron chi connectivity index (χ0n) is 11.4. The van der Waals surface area contributed by atoms with Crippen LogP contribution in [0.2, 0.25) is 5.02 Å². The van der Waals surface area contributed by atoms with Gasteiger partial charge >= 0.3 is 0 Å². The number of nitrogens with zero attached hydrogens (tertiary/aromatic N) is 3. The predicted molar refractivity (Wildman–Crippen MR) is 77.8 cm³/mol. The van der Waals surface area contributed by atoms with Gasteiger partial charge in [0.15, 0.2) is 5.82 Å². The summed E-state index contributed by atoms with van der Waals surface area (Å²) in [5.74, 6) is 1.60. The number of anilines is 2. The van der Waals surface area contributed by atoms with E-state index in [-0.39, 0.29) is 12.0 Å². The number of hydrogen-bond donors (Lipinski definition) is 2. The first-order valence-electron chi connectivity index (χ1n) is 6.81. The largest absolute Gasteiger partial charge is 0.393 e. The molecule has 2 atom stereocenters. The highest BCUT2D eigenvalue weighted by Gasteiger charge is 2.26. The van der Waals surface area contributed by atoms with Crippen molar-refractivity contribution in [2.45, 2.75) is 32.8 Å². The van der Waals surface area contributed by atoms with Crippen LogP contribution >= 0.6 is 11.6 Å². The second kappa shape index (κ2) is 6.39. The van der Waals surface area contributed by atoms with E-state index in [9.17, 15) is 5.11 Å². The summed E-state index contributed by atoms with van der Waals surface area (Å²) in [7, 11) is 0. The second-order valence-electron chi connectivity index (χ2n) is 5.07. The molecule has 0 aromatic carbocycles. The summed E-state index contributed by atoms with van der Waals surface area (Å²) in [4.78, 5) is 10.8. The number of rotatable bonds is 4. The molecule has 0 amide bonds. The Morgan fingerprint density at radius 3 is 3.05 bits per heavy atom. The third kappa shape index (κ3) is 3.48. The Balaban J connectivity index is 2.14. The van der Waals surface area contributed by atoms with E-state index >= 15 is 0 Å². The Morgan fingerprint density at radius 2 is 2.37 bits per heavy atom. The van der Waals surface area contributed by atoms with Crippen molar-refractivity contribution in [3.63, 3.8) is 0 Å². The Labute approximate surface area is 119 Å². The van der Waals surface area contributed by atoms with Gasteiger partial charge in [0, 0.05) is 19.6 Å². The number of aromatic nitrogens is 2. The van der Waals surface area contributed by atoms with Gasteiger partial charge < -0.3 is 15.3 Å². The standard InChI is InChI=1S/C13H21ClN4O/c1-3-5-15-13-16-7-10(14)12(17-13)18-6-4-11(19)9(2)8-18/h7,9,11,19H,3-6,8H2,1-2H3,(H,15,16,17). The van der Waals surface area contributed by atoms with Crippen molar-refractivity contribution in [2.75, 3.05) is 29.9 Å².